The second-order valence-corrected chi connectivity index (χ2v) is 6.04. The van der Waals surface area contributed by atoms with E-state index >= 15 is 0 Å². The summed E-state index contributed by atoms with van der Waals surface area (Å²) < 4.78 is 5.11. The first kappa shape index (κ1) is 21.2. The van der Waals surface area contributed by atoms with E-state index < -0.39 is 0 Å². The lowest BCUT2D eigenvalue weighted by Crippen LogP contribution is -2.30. The average molecular weight is 312 g/mol. The van der Waals surface area contributed by atoms with Gasteiger partial charge in [0.05, 0.1) is 0 Å². The van der Waals surface area contributed by atoms with Crippen LogP contribution in [-0.4, -0.2) is 37.1 Å². The summed E-state index contributed by atoms with van der Waals surface area (Å²) in [6.45, 7) is 11.5. The number of carbonyl (C=O) groups is 1. The van der Waals surface area contributed by atoms with Crippen molar-refractivity contribution >= 4 is 5.97 Å². The number of hydrogen-bond donors (Lipinski definition) is 0. The molecule has 3 heteroatoms. The summed E-state index contributed by atoms with van der Waals surface area (Å²) in [5.74, 6) is -0.314. The minimum Gasteiger partial charge on any atom is -0.461 e. The van der Waals surface area contributed by atoms with Crippen LogP contribution in [0.5, 0.6) is 0 Å². The Hall–Kier alpha value is -0.830. The molecular formula is C19H37NO2. The van der Waals surface area contributed by atoms with E-state index in [2.05, 4.69) is 25.3 Å². The molecule has 0 spiro atoms. The van der Waals surface area contributed by atoms with Crippen molar-refractivity contribution in [2.24, 2.45) is 0 Å². The summed E-state index contributed by atoms with van der Waals surface area (Å²) in [4.78, 5) is 13.5. The first-order chi connectivity index (χ1) is 10.7. The molecule has 0 aromatic heterocycles. The van der Waals surface area contributed by atoms with Gasteiger partial charge in [-0.1, -0.05) is 71.8 Å². The van der Waals surface area contributed by atoms with Crippen LogP contribution < -0.4 is 0 Å². The smallest absolute Gasteiger partial charge is 0.330 e. The first-order valence-electron chi connectivity index (χ1n) is 9.26. The van der Waals surface area contributed by atoms with E-state index in [1.54, 1.807) is 0 Å². The van der Waals surface area contributed by atoms with Gasteiger partial charge in [0.2, 0.25) is 0 Å². The van der Waals surface area contributed by atoms with Gasteiger partial charge in [0.1, 0.15) is 6.61 Å². The molecule has 0 saturated heterocycles. The number of esters is 1. The molecule has 22 heavy (non-hydrogen) atoms. The van der Waals surface area contributed by atoms with Gasteiger partial charge in [-0.3, -0.25) is 4.90 Å². The Morgan fingerprint density at radius 2 is 1.36 bits per heavy atom. The van der Waals surface area contributed by atoms with E-state index in [0.717, 1.165) is 19.6 Å². The van der Waals surface area contributed by atoms with E-state index in [1.165, 1.54) is 70.3 Å². The van der Waals surface area contributed by atoms with Crippen LogP contribution in [0.2, 0.25) is 0 Å². The van der Waals surface area contributed by atoms with Gasteiger partial charge in [-0.05, 0) is 25.9 Å². The lowest BCUT2D eigenvalue weighted by Gasteiger charge is -2.22. The molecule has 0 aliphatic carbocycles. The van der Waals surface area contributed by atoms with E-state index in [4.69, 9.17) is 4.74 Å². The van der Waals surface area contributed by atoms with Crippen LogP contribution in [0.4, 0.5) is 0 Å². The molecule has 0 aromatic carbocycles. The van der Waals surface area contributed by atoms with E-state index in [0.29, 0.717) is 6.61 Å². The molecule has 0 heterocycles. The Labute approximate surface area is 138 Å². The third kappa shape index (κ3) is 14.1. The van der Waals surface area contributed by atoms with Crippen molar-refractivity contribution in [2.75, 3.05) is 26.2 Å². The molecule has 0 radical (unpaired) electrons. The number of hydrogen-bond acceptors (Lipinski definition) is 3. The minimum absolute atomic E-state index is 0.314. The van der Waals surface area contributed by atoms with Gasteiger partial charge in [0, 0.05) is 12.6 Å². The van der Waals surface area contributed by atoms with Gasteiger partial charge in [-0.15, -0.1) is 0 Å². The molecule has 0 fully saturated rings. The molecular weight excluding hydrogens is 274 g/mol. The van der Waals surface area contributed by atoms with Crippen molar-refractivity contribution in [3.8, 4) is 0 Å². The zero-order valence-corrected chi connectivity index (χ0v) is 14.9. The average Bonchev–Trinajstić information content (AvgIpc) is 2.53. The van der Waals surface area contributed by atoms with Crippen molar-refractivity contribution in [3.63, 3.8) is 0 Å². The predicted molar refractivity (Wildman–Crippen MR) is 95.1 cm³/mol. The molecule has 130 valence electrons. The van der Waals surface area contributed by atoms with Crippen LogP contribution in [0.15, 0.2) is 12.7 Å². The monoisotopic (exact) mass is 311 g/mol. The fourth-order valence-corrected chi connectivity index (χ4v) is 2.55. The molecule has 0 aliphatic heterocycles. The van der Waals surface area contributed by atoms with Gasteiger partial charge in [-0.2, -0.15) is 0 Å². The summed E-state index contributed by atoms with van der Waals surface area (Å²) in [5, 5.41) is 0. The van der Waals surface area contributed by atoms with Crippen molar-refractivity contribution in [1.82, 2.24) is 4.90 Å². The Kier molecular flexibility index (Phi) is 15.9. The van der Waals surface area contributed by atoms with Crippen LogP contribution in [0.3, 0.4) is 0 Å². The number of unbranched alkanes of at least 4 members (excludes halogenated alkanes) is 8. The lowest BCUT2D eigenvalue weighted by atomic mass is 10.1. The normalized spacial score (nSPS) is 10.9. The van der Waals surface area contributed by atoms with Crippen molar-refractivity contribution in [3.05, 3.63) is 12.7 Å². The molecule has 0 rings (SSSR count). The highest BCUT2D eigenvalue weighted by Gasteiger charge is 2.06. The fourth-order valence-electron chi connectivity index (χ4n) is 2.55. The van der Waals surface area contributed by atoms with Gasteiger partial charge in [0.15, 0.2) is 0 Å². The van der Waals surface area contributed by atoms with Gasteiger partial charge < -0.3 is 4.74 Å². The Morgan fingerprint density at radius 3 is 1.91 bits per heavy atom. The molecule has 0 bridgehead atoms. The molecule has 0 atom stereocenters. The standard InChI is InChI=1S/C19H37NO2/c1-4-7-9-11-12-14-16-20(15-13-10-8-5-2)17-18-22-19(21)6-3/h6H,3-5,7-18H2,1-2H3. The molecule has 0 saturated carbocycles. The second kappa shape index (κ2) is 16.5. The zero-order valence-electron chi connectivity index (χ0n) is 14.9. The number of rotatable bonds is 16. The quantitative estimate of drug-likeness (QED) is 0.229. The third-order valence-electron chi connectivity index (χ3n) is 3.97. The SMILES string of the molecule is C=CC(=O)OCCN(CCCCCC)CCCCCCCC. The highest BCUT2D eigenvalue weighted by atomic mass is 16.5. The molecule has 0 unspecified atom stereocenters. The molecule has 0 aliphatic rings. The van der Waals surface area contributed by atoms with Crippen molar-refractivity contribution in [1.29, 1.82) is 0 Å². The zero-order chi connectivity index (χ0) is 16.5. The second-order valence-electron chi connectivity index (χ2n) is 6.04. The Balaban J connectivity index is 3.83. The Bertz CT molecular complexity index is 266. The van der Waals surface area contributed by atoms with Gasteiger partial charge in [-0.25, -0.2) is 4.79 Å². The van der Waals surface area contributed by atoms with E-state index in [9.17, 15) is 4.79 Å². The maximum Gasteiger partial charge on any atom is 0.330 e. The Morgan fingerprint density at radius 1 is 0.864 bits per heavy atom. The van der Waals surface area contributed by atoms with E-state index in [-0.39, 0.29) is 5.97 Å². The lowest BCUT2D eigenvalue weighted by molar-refractivity contribution is -0.138. The highest BCUT2D eigenvalue weighted by Crippen LogP contribution is 2.07. The van der Waals surface area contributed by atoms with Crippen LogP contribution in [0.1, 0.15) is 78.1 Å². The van der Waals surface area contributed by atoms with Crippen LogP contribution in [0, 0.1) is 0 Å². The number of carbonyl (C=O) groups excluding carboxylic acids is 1. The fraction of sp³-hybridized carbons (Fsp3) is 0.842. The first-order valence-corrected chi connectivity index (χ1v) is 9.26. The summed E-state index contributed by atoms with van der Waals surface area (Å²) >= 11 is 0. The molecule has 0 aromatic rings. The maximum absolute atomic E-state index is 11.1. The van der Waals surface area contributed by atoms with Crippen molar-refractivity contribution in [2.45, 2.75) is 78.1 Å². The third-order valence-corrected chi connectivity index (χ3v) is 3.97. The predicted octanol–water partition coefficient (Wildman–Crippen LogP) is 4.96. The van der Waals surface area contributed by atoms with Gasteiger partial charge in [0.25, 0.3) is 0 Å². The largest absolute Gasteiger partial charge is 0.461 e. The number of nitrogens with zero attached hydrogens (tertiary/aromatic N) is 1. The highest BCUT2D eigenvalue weighted by molar-refractivity contribution is 5.81. The topological polar surface area (TPSA) is 29.5 Å². The summed E-state index contributed by atoms with van der Waals surface area (Å²) in [6, 6.07) is 0. The summed E-state index contributed by atoms with van der Waals surface area (Å²) in [7, 11) is 0. The minimum atomic E-state index is -0.314. The molecule has 0 N–H and O–H groups in total. The van der Waals surface area contributed by atoms with Crippen LogP contribution in [0.25, 0.3) is 0 Å². The summed E-state index contributed by atoms with van der Waals surface area (Å²) in [6.07, 6.45) is 14.3. The number of ether oxygens (including phenoxy) is 1. The van der Waals surface area contributed by atoms with Crippen LogP contribution >= 0.6 is 0 Å². The van der Waals surface area contributed by atoms with E-state index in [1.807, 2.05) is 0 Å². The van der Waals surface area contributed by atoms with Crippen LogP contribution in [-0.2, 0) is 9.53 Å². The molecule has 3 nitrogen and oxygen atoms in total. The van der Waals surface area contributed by atoms with Crippen molar-refractivity contribution < 1.29 is 9.53 Å². The van der Waals surface area contributed by atoms with Gasteiger partial charge >= 0.3 is 5.97 Å². The maximum atomic E-state index is 11.1. The summed E-state index contributed by atoms with van der Waals surface area (Å²) in [5.41, 5.74) is 0. The molecule has 0 amide bonds.